The predicted molar refractivity (Wildman–Crippen MR) is 104 cm³/mol. The summed E-state index contributed by atoms with van der Waals surface area (Å²) in [5.41, 5.74) is 1.09. The molecule has 1 saturated heterocycles. The van der Waals surface area contributed by atoms with Crippen LogP contribution in [0.15, 0.2) is 24.3 Å². The van der Waals surface area contributed by atoms with E-state index in [2.05, 4.69) is 5.32 Å². The van der Waals surface area contributed by atoms with Gasteiger partial charge in [-0.2, -0.15) is 0 Å². The molecule has 1 aromatic carbocycles. The molecule has 28 heavy (non-hydrogen) atoms. The highest BCUT2D eigenvalue weighted by Crippen LogP contribution is 2.13. The highest BCUT2D eigenvalue weighted by Gasteiger charge is 2.21. The number of urea groups is 1. The first-order valence-corrected chi connectivity index (χ1v) is 9.65. The van der Waals surface area contributed by atoms with Crippen LogP contribution in [0.1, 0.15) is 31.2 Å². The van der Waals surface area contributed by atoms with Gasteiger partial charge in [0.1, 0.15) is 5.75 Å². The van der Waals surface area contributed by atoms with Gasteiger partial charge in [-0.25, -0.2) is 4.79 Å². The number of nitrogens with one attached hydrogen (secondary N) is 1. The Hall–Kier alpha value is -2.77. The molecule has 0 spiro atoms. The number of amides is 3. The Morgan fingerprint density at radius 1 is 1.04 bits per heavy atom. The lowest BCUT2D eigenvalue weighted by atomic mass is 10.1. The van der Waals surface area contributed by atoms with E-state index in [4.69, 9.17) is 9.84 Å². The summed E-state index contributed by atoms with van der Waals surface area (Å²) in [6, 6.07) is 7.51. The lowest BCUT2D eigenvalue weighted by Crippen LogP contribution is -2.43. The second-order valence-electron chi connectivity index (χ2n) is 6.80. The Labute approximate surface area is 165 Å². The molecule has 8 heteroatoms. The number of hydrogen-bond donors (Lipinski definition) is 2. The zero-order chi connectivity index (χ0) is 20.4. The summed E-state index contributed by atoms with van der Waals surface area (Å²) in [6.45, 7) is 2.58. The van der Waals surface area contributed by atoms with Crippen LogP contribution in [0.4, 0.5) is 4.79 Å². The summed E-state index contributed by atoms with van der Waals surface area (Å²) >= 11 is 0. The van der Waals surface area contributed by atoms with Gasteiger partial charge in [0, 0.05) is 45.6 Å². The fraction of sp³-hybridized carbons (Fsp3) is 0.550. The molecule has 2 N–H and O–H groups in total. The number of ether oxygens (including phenoxy) is 1. The molecule has 0 aliphatic carbocycles. The predicted octanol–water partition coefficient (Wildman–Crippen LogP) is 1.74. The van der Waals surface area contributed by atoms with Crippen molar-refractivity contribution in [2.75, 3.05) is 39.8 Å². The van der Waals surface area contributed by atoms with Crippen LogP contribution in [-0.4, -0.2) is 72.6 Å². The van der Waals surface area contributed by atoms with Crippen molar-refractivity contribution in [3.05, 3.63) is 29.8 Å². The van der Waals surface area contributed by atoms with Gasteiger partial charge in [-0.05, 0) is 37.0 Å². The number of nitrogens with zero attached hydrogens (tertiary/aromatic N) is 2. The Morgan fingerprint density at radius 2 is 1.71 bits per heavy atom. The molecule has 1 aromatic rings. The summed E-state index contributed by atoms with van der Waals surface area (Å²) in [4.78, 5) is 38.7. The highest BCUT2D eigenvalue weighted by atomic mass is 16.5. The third kappa shape index (κ3) is 7.09. The average molecular weight is 391 g/mol. The number of aliphatic carboxylic acids is 1. The molecule has 0 atom stereocenters. The first-order valence-electron chi connectivity index (χ1n) is 9.65. The van der Waals surface area contributed by atoms with Crippen LogP contribution in [0, 0.1) is 0 Å². The highest BCUT2D eigenvalue weighted by molar-refractivity contribution is 5.77. The molecule has 0 aromatic heterocycles. The maximum absolute atomic E-state index is 12.5. The molecule has 1 fully saturated rings. The minimum Gasteiger partial charge on any atom is -0.497 e. The Balaban J connectivity index is 1.73. The van der Waals surface area contributed by atoms with Gasteiger partial charge in [-0.3, -0.25) is 9.59 Å². The molecule has 0 unspecified atom stereocenters. The Morgan fingerprint density at radius 3 is 2.39 bits per heavy atom. The standard InChI is InChI=1S/C20H29N3O5/c1-28-17-8-5-16(6-9-17)7-10-18(24)22-12-3-13-23(15-14-22)20(27)21-11-2-4-19(25)26/h5-6,8-9H,2-4,7,10-15H2,1H3,(H,21,27)(H,25,26). The summed E-state index contributed by atoms with van der Waals surface area (Å²) in [5, 5.41) is 11.4. The molecule has 1 aliphatic rings. The Kier molecular flexibility index (Phi) is 8.58. The topological polar surface area (TPSA) is 99.2 Å². The summed E-state index contributed by atoms with van der Waals surface area (Å²) in [7, 11) is 1.62. The largest absolute Gasteiger partial charge is 0.497 e. The van der Waals surface area contributed by atoms with Crippen molar-refractivity contribution in [1.82, 2.24) is 15.1 Å². The molecule has 2 rings (SSSR count). The molecule has 154 valence electrons. The summed E-state index contributed by atoms with van der Waals surface area (Å²) in [5.74, 6) is 0.0243. The third-order valence-electron chi connectivity index (χ3n) is 4.77. The number of carbonyl (C=O) groups excluding carboxylic acids is 2. The molecular weight excluding hydrogens is 362 g/mol. The van der Waals surface area contributed by atoms with Crippen molar-refractivity contribution < 1.29 is 24.2 Å². The van der Waals surface area contributed by atoms with Gasteiger partial charge in [-0.1, -0.05) is 12.1 Å². The van der Waals surface area contributed by atoms with E-state index in [1.165, 1.54) is 0 Å². The first-order chi connectivity index (χ1) is 13.5. The number of carboxylic acids is 1. The van der Waals surface area contributed by atoms with Crippen LogP contribution in [0.25, 0.3) is 0 Å². The smallest absolute Gasteiger partial charge is 0.317 e. The molecule has 1 aliphatic heterocycles. The van der Waals surface area contributed by atoms with Crippen LogP contribution in [-0.2, 0) is 16.0 Å². The molecule has 3 amide bonds. The third-order valence-corrected chi connectivity index (χ3v) is 4.77. The van der Waals surface area contributed by atoms with Crippen molar-refractivity contribution >= 4 is 17.9 Å². The van der Waals surface area contributed by atoms with Gasteiger partial charge in [-0.15, -0.1) is 0 Å². The monoisotopic (exact) mass is 391 g/mol. The Bertz CT molecular complexity index is 662. The molecule has 8 nitrogen and oxygen atoms in total. The van der Waals surface area contributed by atoms with Crippen molar-refractivity contribution in [1.29, 1.82) is 0 Å². The number of carbonyl (C=O) groups is 3. The van der Waals surface area contributed by atoms with E-state index in [1.54, 1.807) is 12.0 Å². The van der Waals surface area contributed by atoms with Gasteiger partial charge in [0.25, 0.3) is 0 Å². The number of hydrogen-bond acceptors (Lipinski definition) is 4. The van der Waals surface area contributed by atoms with E-state index in [0.29, 0.717) is 52.0 Å². The fourth-order valence-electron chi connectivity index (χ4n) is 3.12. The van der Waals surface area contributed by atoms with Crippen LogP contribution < -0.4 is 10.1 Å². The number of aryl methyl sites for hydroxylation is 1. The van der Waals surface area contributed by atoms with E-state index in [1.807, 2.05) is 29.2 Å². The SMILES string of the molecule is COc1ccc(CCC(=O)N2CCCN(C(=O)NCCCC(=O)O)CC2)cc1. The van der Waals surface area contributed by atoms with Crippen molar-refractivity contribution in [2.24, 2.45) is 0 Å². The number of rotatable bonds is 8. The van der Waals surface area contributed by atoms with Crippen molar-refractivity contribution in [3.63, 3.8) is 0 Å². The zero-order valence-electron chi connectivity index (χ0n) is 16.4. The molecule has 0 saturated carbocycles. The van der Waals surface area contributed by atoms with E-state index in [9.17, 15) is 14.4 Å². The maximum Gasteiger partial charge on any atom is 0.317 e. The van der Waals surface area contributed by atoms with Gasteiger partial charge in [0.2, 0.25) is 5.91 Å². The van der Waals surface area contributed by atoms with E-state index in [-0.39, 0.29) is 18.4 Å². The van der Waals surface area contributed by atoms with E-state index in [0.717, 1.165) is 17.7 Å². The average Bonchev–Trinajstić information content (AvgIpc) is 2.96. The lowest BCUT2D eigenvalue weighted by Gasteiger charge is -2.22. The number of methoxy groups -OCH3 is 1. The minimum atomic E-state index is -0.868. The molecular formula is C20H29N3O5. The quantitative estimate of drug-likeness (QED) is 0.658. The molecule has 1 heterocycles. The van der Waals surface area contributed by atoms with Crippen LogP contribution in [0.3, 0.4) is 0 Å². The van der Waals surface area contributed by atoms with Crippen LogP contribution in [0.5, 0.6) is 5.75 Å². The second-order valence-corrected chi connectivity index (χ2v) is 6.80. The minimum absolute atomic E-state index is 0.0384. The molecule has 0 bridgehead atoms. The van der Waals surface area contributed by atoms with Crippen molar-refractivity contribution in [3.8, 4) is 5.75 Å². The lowest BCUT2D eigenvalue weighted by molar-refractivity contribution is -0.137. The number of benzene rings is 1. The number of carboxylic acid groups (broad SMARTS) is 1. The fourth-order valence-corrected chi connectivity index (χ4v) is 3.12. The van der Waals surface area contributed by atoms with Crippen molar-refractivity contribution in [2.45, 2.75) is 32.1 Å². The van der Waals surface area contributed by atoms with Gasteiger partial charge in [0.05, 0.1) is 7.11 Å². The normalized spacial score (nSPS) is 14.3. The van der Waals surface area contributed by atoms with E-state index >= 15 is 0 Å². The van der Waals surface area contributed by atoms with Gasteiger partial charge < -0.3 is 25.0 Å². The van der Waals surface area contributed by atoms with Crippen LogP contribution >= 0.6 is 0 Å². The zero-order valence-corrected chi connectivity index (χ0v) is 16.4. The summed E-state index contributed by atoms with van der Waals surface area (Å²) in [6.07, 6.45) is 2.29. The second kappa shape index (κ2) is 11.2. The van der Waals surface area contributed by atoms with Crippen LogP contribution in [0.2, 0.25) is 0 Å². The first kappa shape index (κ1) is 21.5. The van der Waals surface area contributed by atoms with Gasteiger partial charge >= 0.3 is 12.0 Å². The van der Waals surface area contributed by atoms with Gasteiger partial charge in [0.15, 0.2) is 0 Å². The maximum atomic E-state index is 12.5. The molecule has 0 radical (unpaired) electrons. The summed E-state index contributed by atoms with van der Waals surface area (Å²) < 4.78 is 5.14. The van der Waals surface area contributed by atoms with E-state index < -0.39 is 5.97 Å².